The van der Waals surface area contributed by atoms with Crippen LogP contribution >= 0.6 is 11.3 Å². The van der Waals surface area contributed by atoms with Gasteiger partial charge in [-0.3, -0.25) is 9.59 Å². The molecule has 0 bridgehead atoms. The molecule has 4 amide bonds. The third-order valence-electron chi connectivity index (χ3n) is 8.35. The molecule has 0 aliphatic carbocycles. The van der Waals surface area contributed by atoms with E-state index in [9.17, 15) is 33.0 Å². The lowest BCUT2D eigenvalue weighted by molar-refractivity contribution is -0.128. The van der Waals surface area contributed by atoms with Crippen LogP contribution in [0.3, 0.4) is 0 Å². The number of aromatic hydroxyl groups is 1. The molecule has 3 atom stereocenters. The van der Waals surface area contributed by atoms with Gasteiger partial charge in [0.05, 0.1) is 40.0 Å². The molecule has 13 nitrogen and oxygen atoms in total. The summed E-state index contributed by atoms with van der Waals surface area (Å²) < 4.78 is 29.2. The topological polar surface area (TPSA) is 172 Å². The van der Waals surface area contributed by atoms with Crippen LogP contribution in [0.15, 0.2) is 58.8 Å². The summed E-state index contributed by atoms with van der Waals surface area (Å²) in [6, 6.07) is 10.8. The van der Waals surface area contributed by atoms with Crippen LogP contribution in [0, 0.1) is 18.8 Å². The first-order chi connectivity index (χ1) is 23.6. The number of aryl methyl sites for hydroxylation is 1. The lowest BCUT2D eigenvalue weighted by Gasteiger charge is -2.34. The van der Waals surface area contributed by atoms with Crippen LogP contribution in [-0.2, 0) is 32.6 Å². The predicted molar refractivity (Wildman–Crippen MR) is 192 cm³/mol. The Kier molecular flexibility index (Phi) is 13.0. The summed E-state index contributed by atoms with van der Waals surface area (Å²) in [7, 11) is -4.25. The third kappa shape index (κ3) is 9.80. The summed E-state index contributed by atoms with van der Waals surface area (Å²) in [4.78, 5) is 46.8. The number of aliphatic hydroxyl groups excluding tert-OH is 1. The average Bonchev–Trinajstić information content (AvgIpc) is 3.61. The van der Waals surface area contributed by atoms with Crippen LogP contribution in [0.25, 0.3) is 0 Å². The molecule has 50 heavy (non-hydrogen) atoms. The molecule has 4 N–H and O–H groups in total. The molecular weight excluding hydrogens is 681 g/mol. The molecule has 2 heterocycles. The standard InChI is InChI=1S/C35H48N6O7S2/c1-22(2)18-40(50(47,48)28-12-13-31(43)30(17-28)36-24(5)42)20-32(44)29(16-26-10-8-7-9-11-26)38-34(45)33(23(3)4)41-15-14-39(35(41)46)19-27-21-49-25(6)37-27/h7-13,17,21-23,29,32-33,43-44H,14-16,18-20H2,1-6H3,(H,36,42)(H,38,45)/t29-,32-,33-/m0/s1. The van der Waals surface area contributed by atoms with Gasteiger partial charge in [-0.25, -0.2) is 18.2 Å². The number of hydrogen-bond acceptors (Lipinski definition) is 9. The number of thiazole rings is 1. The normalized spacial score (nSPS) is 15.5. The molecule has 272 valence electrons. The SMILES string of the molecule is CC(=O)Nc1cc(S(=O)(=O)N(CC(C)C)C[C@H](O)[C@H](Cc2ccccc2)NC(=O)[C@H](C(C)C)N2CCN(Cc3csc(C)n3)C2=O)ccc1O. The highest BCUT2D eigenvalue weighted by Gasteiger charge is 2.40. The number of rotatable bonds is 16. The highest BCUT2D eigenvalue weighted by atomic mass is 32.2. The first-order valence-corrected chi connectivity index (χ1v) is 19.0. The van der Waals surface area contributed by atoms with Crippen molar-refractivity contribution in [2.45, 2.75) is 77.6 Å². The van der Waals surface area contributed by atoms with Gasteiger partial charge in [0, 0.05) is 38.5 Å². The summed E-state index contributed by atoms with van der Waals surface area (Å²) in [6.07, 6.45) is -1.16. The largest absolute Gasteiger partial charge is 0.506 e. The monoisotopic (exact) mass is 728 g/mol. The molecule has 0 spiro atoms. The van der Waals surface area contributed by atoms with Crippen molar-refractivity contribution in [2.75, 3.05) is 31.5 Å². The molecule has 1 aromatic heterocycles. The molecule has 0 unspecified atom stereocenters. The fourth-order valence-electron chi connectivity index (χ4n) is 6.03. The first kappa shape index (κ1) is 38.7. The van der Waals surface area contributed by atoms with E-state index in [1.54, 1.807) is 9.80 Å². The van der Waals surface area contributed by atoms with Crippen molar-refractivity contribution >= 4 is 44.9 Å². The summed E-state index contributed by atoms with van der Waals surface area (Å²) in [5, 5.41) is 30.2. The quantitative estimate of drug-likeness (QED) is 0.161. The van der Waals surface area contributed by atoms with Crippen molar-refractivity contribution in [2.24, 2.45) is 11.8 Å². The van der Waals surface area contributed by atoms with Crippen LogP contribution in [0.1, 0.15) is 50.9 Å². The number of anilines is 1. The highest BCUT2D eigenvalue weighted by Crippen LogP contribution is 2.29. The summed E-state index contributed by atoms with van der Waals surface area (Å²) >= 11 is 1.51. The maximum Gasteiger partial charge on any atom is 0.321 e. The van der Waals surface area contributed by atoms with Crippen molar-refractivity contribution in [3.8, 4) is 5.75 Å². The van der Waals surface area contributed by atoms with Gasteiger partial charge in [-0.15, -0.1) is 11.3 Å². The van der Waals surface area contributed by atoms with E-state index in [1.807, 2.05) is 70.3 Å². The Balaban J connectivity index is 1.59. The Morgan fingerprint density at radius 3 is 2.36 bits per heavy atom. The molecule has 0 saturated carbocycles. The van der Waals surface area contributed by atoms with E-state index < -0.39 is 40.0 Å². The Hall–Kier alpha value is -4.05. The minimum atomic E-state index is -4.25. The van der Waals surface area contributed by atoms with E-state index in [4.69, 9.17) is 0 Å². The Labute approximate surface area is 298 Å². The van der Waals surface area contributed by atoms with Gasteiger partial charge in [0.2, 0.25) is 21.8 Å². The molecule has 3 aromatic rings. The summed E-state index contributed by atoms with van der Waals surface area (Å²) in [5.41, 5.74) is 1.55. The average molecular weight is 729 g/mol. The molecule has 4 rings (SSSR count). The van der Waals surface area contributed by atoms with Crippen LogP contribution in [0.2, 0.25) is 0 Å². The lowest BCUT2D eigenvalue weighted by atomic mass is 9.97. The minimum Gasteiger partial charge on any atom is -0.506 e. The highest BCUT2D eigenvalue weighted by molar-refractivity contribution is 7.89. The van der Waals surface area contributed by atoms with Gasteiger partial charge in [-0.1, -0.05) is 58.0 Å². The fourth-order valence-corrected chi connectivity index (χ4v) is 8.29. The number of carbonyl (C=O) groups is 3. The van der Waals surface area contributed by atoms with Crippen LogP contribution in [0.5, 0.6) is 5.75 Å². The van der Waals surface area contributed by atoms with E-state index in [-0.39, 0.29) is 53.7 Å². The van der Waals surface area contributed by atoms with E-state index in [2.05, 4.69) is 15.6 Å². The zero-order chi connectivity index (χ0) is 36.7. The smallest absolute Gasteiger partial charge is 0.321 e. The first-order valence-electron chi connectivity index (χ1n) is 16.7. The second-order valence-corrected chi connectivity index (χ2v) is 16.4. The number of benzene rings is 2. The molecule has 1 aliphatic rings. The number of sulfonamides is 1. The van der Waals surface area contributed by atoms with Crippen molar-refractivity contribution in [3.63, 3.8) is 0 Å². The second-order valence-electron chi connectivity index (χ2n) is 13.4. The molecular formula is C35H48N6O7S2. The van der Waals surface area contributed by atoms with Gasteiger partial charge < -0.3 is 30.6 Å². The Bertz CT molecular complexity index is 1750. The molecule has 1 saturated heterocycles. The maximum atomic E-state index is 14.1. The van der Waals surface area contributed by atoms with Gasteiger partial charge in [0.1, 0.15) is 11.8 Å². The number of aliphatic hydroxyl groups is 1. The van der Waals surface area contributed by atoms with E-state index in [0.717, 1.165) is 20.6 Å². The maximum absolute atomic E-state index is 14.1. The van der Waals surface area contributed by atoms with Gasteiger partial charge in [0.25, 0.3) is 0 Å². The Morgan fingerprint density at radius 1 is 1.06 bits per heavy atom. The number of hydrogen-bond donors (Lipinski definition) is 4. The van der Waals surface area contributed by atoms with Crippen molar-refractivity contribution < 1.29 is 33.0 Å². The summed E-state index contributed by atoms with van der Waals surface area (Å²) in [6.45, 7) is 11.4. The number of carbonyl (C=O) groups excluding carboxylic acids is 3. The fraction of sp³-hybridized carbons (Fsp3) is 0.486. The second kappa shape index (κ2) is 16.8. The van der Waals surface area contributed by atoms with Crippen molar-refractivity contribution in [1.82, 2.24) is 24.4 Å². The predicted octanol–water partition coefficient (Wildman–Crippen LogP) is 3.81. The number of phenolic OH excluding ortho intramolecular Hbond substituents is 1. The molecule has 0 radical (unpaired) electrons. The number of nitrogens with zero attached hydrogens (tertiary/aromatic N) is 4. The minimum absolute atomic E-state index is 0.0486. The van der Waals surface area contributed by atoms with Crippen LogP contribution in [-0.4, -0.2) is 99.9 Å². The van der Waals surface area contributed by atoms with Crippen LogP contribution in [0.4, 0.5) is 10.5 Å². The molecule has 2 aromatic carbocycles. The zero-order valence-electron chi connectivity index (χ0n) is 29.4. The Morgan fingerprint density at radius 2 is 1.76 bits per heavy atom. The number of phenols is 1. The van der Waals surface area contributed by atoms with E-state index >= 15 is 0 Å². The third-order valence-corrected chi connectivity index (χ3v) is 11.0. The molecule has 15 heteroatoms. The van der Waals surface area contributed by atoms with Gasteiger partial charge in [-0.2, -0.15) is 4.31 Å². The lowest BCUT2D eigenvalue weighted by Crippen LogP contribution is -2.57. The van der Waals surface area contributed by atoms with E-state index in [0.29, 0.717) is 19.6 Å². The van der Waals surface area contributed by atoms with Gasteiger partial charge in [-0.05, 0) is 48.9 Å². The van der Waals surface area contributed by atoms with Gasteiger partial charge >= 0.3 is 6.03 Å². The molecule has 1 aliphatic heterocycles. The van der Waals surface area contributed by atoms with Crippen LogP contribution < -0.4 is 10.6 Å². The number of aromatic nitrogens is 1. The number of nitrogens with one attached hydrogen (secondary N) is 2. The van der Waals surface area contributed by atoms with Gasteiger partial charge in [0.15, 0.2) is 0 Å². The zero-order valence-corrected chi connectivity index (χ0v) is 31.0. The number of urea groups is 1. The number of amides is 4. The van der Waals surface area contributed by atoms with Crippen molar-refractivity contribution in [1.29, 1.82) is 0 Å². The van der Waals surface area contributed by atoms with Crippen molar-refractivity contribution in [3.05, 3.63) is 70.2 Å². The summed E-state index contributed by atoms with van der Waals surface area (Å²) in [5.74, 6) is -1.62. The van der Waals surface area contributed by atoms with E-state index in [1.165, 1.54) is 36.5 Å². The molecule has 1 fully saturated rings.